The number of nitrogens with zero attached hydrogens (tertiary/aromatic N) is 2. The van der Waals surface area contributed by atoms with Crippen LogP contribution < -0.4 is 5.73 Å². The van der Waals surface area contributed by atoms with Crippen LogP contribution in [-0.2, 0) is 6.42 Å². The standard InChI is InChI=1S/C13H17N3S/c1-8-4-5-9(2)11(6-8)7-12(14)13-10(3)15-16-17-13/h4-6,12H,7,14H2,1-3H3. The van der Waals surface area contributed by atoms with Crippen molar-refractivity contribution in [1.82, 2.24) is 9.59 Å². The Labute approximate surface area is 106 Å². The van der Waals surface area contributed by atoms with Gasteiger partial charge in [-0.1, -0.05) is 28.3 Å². The predicted molar refractivity (Wildman–Crippen MR) is 71.2 cm³/mol. The summed E-state index contributed by atoms with van der Waals surface area (Å²) in [7, 11) is 0. The van der Waals surface area contributed by atoms with Crippen LogP contribution >= 0.6 is 11.5 Å². The molecule has 2 rings (SSSR count). The van der Waals surface area contributed by atoms with Crippen LogP contribution in [-0.4, -0.2) is 9.59 Å². The Morgan fingerprint density at radius 3 is 2.71 bits per heavy atom. The maximum Gasteiger partial charge on any atom is 0.0772 e. The van der Waals surface area contributed by atoms with Crippen molar-refractivity contribution in [3.8, 4) is 0 Å². The molecule has 2 N–H and O–H groups in total. The summed E-state index contributed by atoms with van der Waals surface area (Å²) < 4.78 is 3.94. The summed E-state index contributed by atoms with van der Waals surface area (Å²) in [5.74, 6) is 0. The molecule has 0 radical (unpaired) electrons. The molecule has 0 fully saturated rings. The van der Waals surface area contributed by atoms with Gasteiger partial charge in [-0.25, -0.2) is 0 Å². The molecule has 1 atom stereocenters. The summed E-state index contributed by atoms with van der Waals surface area (Å²) in [5.41, 5.74) is 11.1. The van der Waals surface area contributed by atoms with E-state index in [2.05, 4.69) is 41.6 Å². The van der Waals surface area contributed by atoms with E-state index >= 15 is 0 Å². The summed E-state index contributed by atoms with van der Waals surface area (Å²) in [5, 5.41) is 4.01. The second kappa shape index (κ2) is 4.94. The maximum absolute atomic E-state index is 6.22. The molecule has 0 saturated carbocycles. The number of nitrogens with two attached hydrogens (primary N) is 1. The SMILES string of the molecule is Cc1ccc(C)c(CC(N)c2snnc2C)c1. The molecule has 0 aliphatic carbocycles. The molecule has 1 aromatic heterocycles. The normalized spacial score (nSPS) is 12.7. The van der Waals surface area contributed by atoms with Gasteiger partial charge in [-0.15, -0.1) is 5.10 Å². The van der Waals surface area contributed by atoms with E-state index in [0.717, 1.165) is 17.0 Å². The lowest BCUT2D eigenvalue weighted by Crippen LogP contribution is -2.13. The molecule has 4 heteroatoms. The van der Waals surface area contributed by atoms with E-state index in [0.29, 0.717) is 0 Å². The Kier molecular flexibility index (Phi) is 3.54. The van der Waals surface area contributed by atoms with E-state index < -0.39 is 0 Å². The van der Waals surface area contributed by atoms with Crippen LogP contribution in [0.2, 0.25) is 0 Å². The lowest BCUT2D eigenvalue weighted by molar-refractivity contribution is 0.724. The van der Waals surface area contributed by atoms with Crippen molar-refractivity contribution in [2.45, 2.75) is 33.2 Å². The van der Waals surface area contributed by atoms with E-state index in [-0.39, 0.29) is 6.04 Å². The van der Waals surface area contributed by atoms with Gasteiger partial charge in [-0.05, 0) is 49.9 Å². The maximum atomic E-state index is 6.22. The van der Waals surface area contributed by atoms with Crippen LogP contribution in [0, 0.1) is 20.8 Å². The van der Waals surface area contributed by atoms with Crippen LogP contribution in [0.3, 0.4) is 0 Å². The fourth-order valence-corrected chi connectivity index (χ4v) is 2.57. The molecule has 0 aliphatic heterocycles. The number of aryl methyl sites for hydroxylation is 3. The lowest BCUT2D eigenvalue weighted by Gasteiger charge is -2.12. The third-order valence-corrected chi connectivity index (χ3v) is 3.93. The molecule has 0 amide bonds. The van der Waals surface area contributed by atoms with Gasteiger partial charge < -0.3 is 5.73 Å². The lowest BCUT2D eigenvalue weighted by atomic mass is 9.98. The number of hydrogen-bond acceptors (Lipinski definition) is 4. The second-order valence-electron chi connectivity index (χ2n) is 4.46. The summed E-state index contributed by atoms with van der Waals surface area (Å²) in [4.78, 5) is 1.09. The van der Waals surface area contributed by atoms with Crippen LogP contribution in [0.15, 0.2) is 18.2 Å². The molecule has 2 aromatic rings. The highest BCUT2D eigenvalue weighted by Crippen LogP contribution is 2.23. The topological polar surface area (TPSA) is 51.8 Å². The van der Waals surface area contributed by atoms with Crippen molar-refractivity contribution in [3.63, 3.8) is 0 Å². The Morgan fingerprint density at radius 2 is 2.06 bits per heavy atom. The van der Waals surface area contributed by atoms with Crippen molar-refractivity contribution >= 4 is 11.5 Å². The van der Waals surface area contributed by atoms with Crippen LogP contribution in [0.5, 0.6) is 0 Å². The van der Waals surface area contributed by atoms with Gasteiger partial charge in [0, 0.05) is 6.04 Å². The molecule has 0 saturated heterocycles. The highest BCUT2D eigenvalue weighted by molar-refractivity contribution is 7.05. The zero-order valence-electron chi connectivity index (χ0n) is 10.4. The third-order valence-electron chi connectivity index (χ3n) is 2.97. The molecule has 1 heterocycles. The van der Waals surface area contributed by atoms with E-state index in [1.807, 2.05) is 6.92 Å². The summed E-state index contributed by atoms with van der Waals surface area (Å²) >= 11 is 1.40. The summed E-state index contributed by atoms with van der Waals surface area (Å²) in [6.45, 7) is 6.19. The number of benzene rings is 1. The summed E-state index contributed by atoms with van der Waals surface area (Å²) in [6, 6.07) is 6.48. The van der Waals surface area contributed by atoms with Gasteiger partial charge >= 0.3 is 0 Å². The molecular weight excluding hydrogens is 230 g/mol. The largest absolute Gasteiger partial charge is 0.323 e. The smallest absolute Gasteiger partial charge is 0.0772 e. The van der Waals surface area contributed by atoms with Crippen LogP contribution in [0.1, 0.15) is 33.3 Å². The molecule has 0 aliphatic rings. The minimum absolute atomic E-state index is 0.00417. The van der Waals surface area contributed by atoms with E-state index in [9.17, 15) is 0 Å². The fourth-order valence-electron chi connectivity index (χ4n) is 1.93. The molecule has 0 spiro atoms. The average molecular weight is 247 g/mol. The van der Waals surface area contributed by atoms with Gasteiger partial charge in [0.15, 0.2) is 0 Å². The van der Waals surface area contributed by atoms with Crippen molar-refractivity contribution in [2.24, 2.45) is 5.73 Å². The van der Waals surface area contributed by atoms with Gasteiger partial charge in [0.25, 0.3) is 0 Å². The molecule has 1 aromatic carbocycles. The number of hydrogen-bond donors (Lipinski definition) is 1. The van der Waals surface area contributed by atoms with Gasteiger partial charge in [0.1, 0.15) is 0 Å². The Hall–Kier alpha value is -1.26. The Morgan fingerprint density at radius 1 is 1.29 bits per heavy atom. The zero-order chi connectivity index (χ0) is 12.4. The van der Waals surface area contributed by atoms with Crippen molar-refractivity contribution in [1.29, 1.82) is 0 Å². The van der Waals surface area contributed by atoms with E-state index in [1.54, 1.807) is 0 Å². The molecular formula is C13H17N3S. The molecule has 90 valence electrons. The van der Waals surface area contributed by atoms with Crippen molar-refractivity contribution in [2.75, 3.05) is 0 Å². The highest BCUT2D eigenvalue weighted by Gasteiger charge is 2.14. The summed E-state index contributed by atoms with van der Waals surface area (Å²) in [6.07, 6.45) is 0.845. The second-order valence-corrected chi connectivity index (χ2v) is 5.25. The van der Waals surface area contributed by atoms with Crippen LogP contribution in [0.25, 0.3) is 0 Å². The third kappa shape index (κ3) is 2.70. The molecule has 1 unspecified atom stereocenters. The van der Waals surface area contributed by atoms with Gasteiger partial charge in [0.2, 0.25) is 0 Å². The number of rotatable bonds is 3. The monoisotopic (exact) mass is 247 g/mol. The molecule has 3 nitrogen and oxygen atoms in total. The first kappa shape index (κ1) is 12.2. The first-order chi connectivity index (χ1) is 8.08. The molecule has 17 heavy (non-hydrogen) atoms. The fraction of sp³-hybridized carbons (Fsp3) is 0.385. The van der Waals surface area contributed by atoms with Crippen molar-refractivity contribution < 1.29 is 0 Å². The first-order valence-corrected chi connectivity index (χ1v) is 6.46. The van der Waals surface area contributed by atoms with Gasteiger partial charge in [0.05, 0.1) is 10.6 Å². The Bertz CT molecular complexity index is 519. The van der Waals surface area contributed by atoms with E-state index in [4.69, 9.17) is 5.73 Å². The Balaban J connectivity index is 2.21. The van der Waals surface area contributed by atoms with Gasteiger partial charge in [-0.3, -0.25) is 0 Å². The highest BCUT2D eigenvalue weighted by atomic mass is 32.1. The first-order valence-electron chi connectivity index (χ1n) is 5.68. The molecule has 0 bridgehead atoms. The minimum Gasteiger partial charge on any atom is -0.323 e. The minimum atomic E-state index is -0.00417. The quantitative estimate of drug-likeness (QED) is 0.907. The van der Waals surface area contributed by atoms with Gasteiger partial charge in [-0.2, -0.15) is 0 Å². The van der Waals surface area contributed by atoms with Crippen molar-refractivity contribution in [3.05, 3.63) is 45.5 Å². The average Bonchev–Trinajstić information content (AvgIpc) is 2.70. The zero-order valence-corrected chi connectivity index (χ0v) is 11.2. The number of aromatic nitrogens is 2. The van der Waals surface area contributed by atoms with Crippen LogP contribution in [0.4, 0.5) is 0 Å². The van der Waals surface area contributed by atoms with E-state index in [1.165, 1.54) is 28.2 Å². The predicted octanol–water partition coefficient (Wildman–Crippen LogP) is 2.71.